The molecular weight excluding hydrogens is 262 g/mol. The summed E-state index contributed by atoms with van der Waals surface area (Å²) in [5.74, 6) is -0.0818. The average molecular weight is 284 g/mol. The Balaban J connectivity index is 2.48. The first-order valence-electron chi connectivity index (χ1n) is 6.61. The fraction of sp³-hybridized carbons (Fsp3) is 0.533. The van der Waals surface area contributed by atoms with Crippen LogP contribution >= 0.6 is 0 Å². The minimum absolute atomic E-state index is 0.00674. The van der Waals surface area contributed by atoms with E-state index in [0.717, 1.165) is 5.56 Å². The van der Waals surface area contributed by atoms with E-state index in [-0.39, 0.29) is 23.1 Å². The summed E-state index contributed by atoms with van der Waals surface area (Å²) in [6.45, 7) is 7.99. The van der Waals surface area contributed by atoms with Crippen LogP contribution in [0.15, 0.2) is 24.3 Å². The Morgan fingerprint density at radius 3 is 2.20 bits per heavy atom. The molecule has 5 heteroatoms. The molecule has 0 aliphatic carbocycles. The molecule has 2 N–H and O–H groups in total. The van der Waals surface area contributed by atoms with Crippen LogP contribution in [0.1, 0.15) is 45.2 Å². The first kappa shape index (κ1) is 16.6. The molecule has 3 nitrogen and oxygen atoms in total. The molecule has 1 atom stereocenters. The fourth-order valence-corrected chi connectivity index (χ4v) is 1.62. The number of halogens is 2. The van der Waals surface area contributed by atoms with Crippen molar-refractivity contribution in [2.24, 2.45) is 0 Å². The number of carbonyl (C=O) groups is 1. The second-order valence-electron chi connectivity index (χ2n) is 5.88. The highest BCUT2D eigenvalue weighted by Gasteiger charge is 2.18. The van der Waals surface area contributed by atoms with E-state index in [1.807, 2.05) is 20.8 Å². The van der Waals surface area contributed by atoms with Crippen LogP contribution < -0.4 is 10.6 Å². The Labute approximate surface area is 118 Å². The number of hydrogen-bond donors (Lipinski definition) is 2. The summed E-state index contributed by atoms with van der Waals surface area (Å²) in [6, 6.07) is 5.75. The number of benzene rings is 1. The highest BCUT2D eigenvalue weighted by atomic mass is 19.3. The van der Waals surface area contributed by atoms with Gasteiger partial charge in [-0.1, -0.05) is 24.3 Å². The summed E-state index contributed by atoms with van der Waals surface area (Å²) in [7, 11) is 0. The van der Waals surface area contributed by atoms with Gasteiger partial charge in [-0.05, 0) is 33.3 Å². The van der Waals surface area contributed by atoms with Gasteiger partial charge in [0, 0.05) is 17.6 Å². The predicted octanol–water partition coefficient (Wildman–Crippen LogP) is 3.02. The van der Waals surface area contributed by atoms with Gasteiger partial charge in [0.25, 0.3) is 6.43 Å². The quantitative estimate of drug-likeness (QED) is 0.872. The second kappa shape index (κ2) is 6.79. The zero-order chi connectivity index (χ0) is 15.3. The molecule has 1 aromatic rings. The zero-order valence-corrected chi connectivity index (χ0v) is 12.3. The third kappa shape index (κ3) is 5.65. The van der Waals surface area contributed by atoms with Gasteiger partial charge in [0.15, 0.2) is 0 Å². The molecule has 1 aromatic carbocycles. The van der Waals surface area contributed by atoms with Gasteiger partial charge in [0.1, 0.15) is 0 Å². The first-order chi connectivity index (χ1) is 9.19. The van der Waals surface area contributed by atoms with Crippen molar-refractivity contribution in [1.29, 1.82) is 0 Å². The predicted molar refractivity (Wildman–Crippen MR) is 75.6 cm³/mol. The zero-order valence-electron chi connectivity index (χ0n) is 12.3. The van der Waals surface area contributed by atoms with Crippen LogP contribution in [0.3, 0.4) is 0 Å². The molecule has 0 spiro atoms. The van der Waals surface area contributed by atoms with Crippen molar-refractivity contribution in [3.8, 4) is 0 Å². The Bertz CT molecular complexity index is 438. The van der Waals surface area contributed by atoms with E-state index < -0.39 is 6.43 Å². The number of hydrogen-bond acceptors (Lipinski definition) is 2. The molecule has 1 rings (SSSR count). The van der Waals surface area contributed by atoms with E-state index in [1.54, 1.807) is 19.1 Å². The Hall–Kier alpha value is -1.49. The van der Waals surface area contributed by atoms with Crippen molar-refractivity contribution in [3.63, 3.8) is 0 Å². The maximum atomic E-state index is 12.4. The fourth-order valence-electron chi connectivity index (χ4n) is 1.62. The highest BCUT2D eigenvalue weighted by molar-refractivity contribution is 5.81. The Morgan fingerprint density at radius 1 is 1.20 bits per heavy atom. The lowest BCUT2D eigenvalue weighted by Crippen LogP contribution is -2.49. The third-order valence-corrected chi connectivity index (χ3v) is 2.74. The molecule has 0 heterocycles. The number of amides is 1. The van der Waals surface area contributed by atoms with Crippen LogP contribution in [0.2, 0.25) is 0 Å². The minimum Gasteiger partial charge on any atom is -0.350 e. The molecule has 20 heavy (non-hydrogen) atoms. The molecule has 0 aromatic heterocycles. The normalized spacial score (nSPS) is 13.3. The lowest BCUT2D eigenvalue weighted by atomic mass is 10.1. The number of nitrogens with one attached hydrogen (secondary N) is 2. The van der Waals surface area contributed by atoms with Gasteiger partial charge in [-0.3, -0.25) is 4.79 Å². The van der Waals surface area contributed by atoms with Crippen molar-refractivity contribution in [2.45, 2.75) is 52.2 Å². The van der Waals surface area contributed by atoms with Gasteiger partial charge < -0.3 is 10.6 Å². The maximum absolute atomic E-state index is 12.4. The van der Waals surface area contributed by atoms with Crippen molar-refractivity contribution in [2.75, 3.05) is 0 Å². The molecule has 0 fully saturated rings. The monoisotopic (exact) mass is 284 g/mol. The van der Waals surface area contributed by atoms with E-state index in [0.29, 0.717) is 6.54 Å². The van der Waals surface area contributed by atoms with Crippen molar-refractivity contribution in [1.82, 2.24) is 10.6 Å². The number of alkyl halides is 2. The van der Waals surface area contributed by atoms with E-state index in [1.165, 1.54) is 12.1 Å². The molecule has 0 radical (unpaired) electrons. The van der Waals surface area contributed by atoms with Crippen LogP contribution in [0.4, 0.5) is 8.78 Å². The van der Waals surface area contributed by atoms with Gasteiger partial charge in [-0.25, -0.2) is 8.78 Å². The van der Waals surface area contributed by atoms with Gasteiger partial charge in [-0.15, -0.1) is 0 Å². The van der Waals surface area contributed by atoms with Crippen LogP contribution in [-0.2, 0) is 11.3 Å². The lowest BCUT2D eigenvalue weighted by molar-refractivity contribution is -0.124. The van der Waals surface area contributed by atoms with Crippen LogP contribution in [0, 0.1) is 0 Å². The van der Waals surface area contributed by atoms with Gasteiger partial charge in [0.05, 0.1) is 6.04 Å². The molecule has 0 saturated carbocycles. The molecule has 112 valence electrons. The summed E-state index contributed by atoms with van der Waals surface area (Å²) >= 11 is 0. The summed E-state index contributed by atoms with van der Waals surface area (Å²) in [5, 5.41) is 5.95. The van der Waals surface area contributed by atoms with E-state index in [2.05, 4.69) is 10.6 Å². The van der Waals surface area contributed by atoms with Crippen LogP contribution in [0.25, 0.3) is 0 Å². The SMILES string of the molecule is CC(NCc1ccc(C(F)F)cc1)C(=O)NC(C)(C)C. The van der Waals surface area contributed by atoms with Crippen LogP contribution in [-0.4, -0.2) is 17.5 Å². The van der Waals surface area contributed by atoms with Gasteiger partial charge in [-0.2, -0.15) is 0 Å². The Kier molecular flexibility index (Phi) is 5.62. The third-order valence-electron chi connectivity index (χ3n) is 2.74. The summed E-state index contributed by atoms with van der Waals surface area (Å²) in [4.78, 5) is 11.9. The van der Waals surface area contributed by atoms with Crippen molar-refractivity contribution < 1.29 is 13.6 Å². The van der Waals surface area contributed by atoms with E-state index in [9.17, 15) is 13.6 Å². The molecule has 1 unspecified atom stereocenters. The smallest absolute Gasteiger partial charge is 0.263 e. The molecule has 1 amide bonds. The summed E-state index contributed by atoms with van der Waals surface area (Å²) < 4.78 is 24.8. The molecule has 0 bridgehead atoms. The largest absolute Gasteiger partial charge is 0.350 e. The lowest BCUT2D eigenvalue weighted by Gasteiger charge is -2.23. The summed E-state index contributed by atoms with van der Waals surface area (Å²) in [5.41, 5.74) is 0.600. The molecule has 0 aliphatic rings. The summed E-state index contributed by atoms with van der Waals surface area (Å²) in [6.07, 6.45) is -2.45. The highest BCUT2D eigenvalue weighted by Crippen LogP contribution is 2.18. The van der Waals surface area contributed by atoms with Crippen LogP contribution in [0.5, 0.6) is 0 Å². The van der Waals surface area contributed by atoms with Crippen molar-refractivity contribution in [3.05, 3.63) is 35.4 Å². The number of rotatable bonds is 5. The Morgan fingerprint density at radius 2 is 1.75 bits per heavy atom. The maximum Gasteiger partial charge on any atom is 0.263 e. The molecule has 0 aliphatic heterocycles. The van der Waals surface area contributed by atoms with Gasteiger partial charge >= 0.3 is 0 Å². The van der Waals surface area contributed by atoms with Crippen molar-refractivity contribution >= 4 is 5.91 Å². The van der Waals surface area contributed by atoms with E-state index >= 15 is 0 Å². The number of carbonyl (C=O) groups excluding carboxylic acids is 1. The topological polar surface area (TPSA) is 41.1 Å². The molecular formula is C15H22F2N2O. The average Bonchev–Trinajstić information content (AvgIpc) is 2.34. The second-order valence-corrected chi connectivity index (χ2v) is 5.88. The van der Waals surface area contributed by atoms with E-state index in [4.69, 9.17) is 0 Å². The molecule has 0 saturated heterocycles. The minimum atomic E-state index is -2.45. The standard InChI is InChI=1S/C15H22F2N2O/c1-10(14(20)19-15(2,3)4)18-9-11-5-7-12(8-6-11)13(16)17/h5-8,10,13,18H,9H2,1-4H3,(H,19,20). The first-order valence-corrected chi connectivity index (χ1v) is 6.61. The van der Waals surface area contributed by atoms with Gasteiger partial charge in [0.2, 0.25) is 5.91 Å².